The van der Waals surface area contributed by atoms with Crippen molar-refractivity contribution in [3.63, 3.8) is 0 Å². The van der Waals surface area contributed by atoms with E-state index in [-0.39, 0.29) is 35.8 Å². The van der Waals surface area contributed by atoms with Crippen LogP contribution in [0.5, 0.6) is 0 Å². The average Bonchev–Trinajstić information content (AvgIpc) is 2.53. The number of hydrogen-bond acceptors (Lipinski definition) is 3. The van der Waals surface area contributed by atoms with E-state index < -0.39 is 23.2 Å². The van der Waals surface area contributed by atoms with Crippen LogP contribution in [-0.2, 0) is 21.3 Å². The highest BCUT2D eigenvalue weighted by atomic mass is 35.5. The molecule has 26 heavy (non-hydrogen) atoms. The number of carbonyl (C=O) groups is 2. The highest BCUT2D eigenvalue weighted by molar-refractivity contribution is 5.92. The van der Waals surface area contributed by atoms with E-state index in [0.717, 1.165) is 12.1 Å². The van der Waals surface area contributed by atoms with Gasteiger partial charge in [-0.15, -0.1) is 12.4 Å². The molecule has 0 aliphatic carbocycles. The lowest BCUT2D eigenvalue weighted by atomic mass is 9.87. The third-order valence-corrected chi connectivity index (χ3v) is 4.63. The van der Waals surface area contributed by atoms with Crippen molar-refractivity contribution in [2.45, 2.75) is 44.4 Å². The molecule has 0 spiro atoms. The summed E-state index contributed by atoms with van der Waals surface area (Å²) < 4.78 is 38.8. The van der Waals surface area contributed by atoms with E-state index >= 15 is 0 Å². The molecule has 5 nitrogen and oxygen atoms in total. The van der Waals surface area contributed by atoms with Gasteiger partial charge < -0.3 is 16.4 Å². The van der Waals surface area contributed by atoms with Gasteiger partial charge in [-0.2, -0.15) is 13.2 Å². The average molecular weight is 394 g/mol. The molecule has 0 bridgehead atoms. The number of hydrogen-bond donors (Lipinski definition) is 3. The van der Waals surface area contributed by atoms with E-state index in [0.29, 0.717) is 19.4 Å². The number of primary amides is 1. The molecule has 1 unspecified atom stereocenters. The molecule has 0 saturated carbocycles. The lowest BCUT2D eigenvalue weighted by molar-refractivity contribution is -0.138. The largest absolute Gasteiger partial charge is 0.416 e. The van der Waals surface area contributed by atoms with E-state index in [9.17, 15) is 22.8 Å². The summed E-state index contributed by atoms with van der Waals surface area (Å²) in [6, 6.07) is 4.44. The van der Waals surface area contributed by atoms with Crippen LogP contribution in [0.1, 0.15) is 37.8 Å². The fourth-order valence-corrected chi connectivity index (χ4v) is 3.00. The smallest absolute Gasteiger partial charge is 0.367 e. The maximum Gasteiger partial charge on any atom is 0.416 e. The number of halogens is 4. The zero-order valence-electron chi connectivity index (χ0n) is 14.5. The first-order chi connectivity index (χ1) is 11.5. The molecule has 1 fully saturated rings. The van der Waals surface area contributed by atoms with Crippen LogP contribution in [-0.4, -0.2) is 24.4 Å². The molecule has 3 atom stereocenters. The first-order valence-electron chi connectivity index (χ1n) is 8.07. The van der Waals surface area contributed by atoms with Crippen molar-refractivity contribution in [1.29, 1.82) is 0 Å². The summed E-state index contributed by atoms with van der Waals surface area (Å²) in [6.07, 6.45) is -3.38. The molecule has 1 heterocycles. The lowest BCUT2D eigenvalue weighted by Crippen LogP contribution is -2.55. The van der Waals surface area contributed by atoms with Crippen molar-refractivity contribution in [2.24, 2.45) is 11.7 Å². The monoisotopic (exact) mass is 393 g/mol. The van der Waals surface area contributed by atoms with Gasteiger partial charge in [-0.05, 0) is 50.9 Å². The predicted octanol–water partition coefficient (Wildman–Crippen LogP) is 2.33. The number of rotatable bonds is 4. The summed E-state index contributed by atoms with van der Waals surface area (Å²) in [5.41, 5.74) is 2.81. The highest BCUT2D eigenvalue weighted by Crippen LogP contribution is 2.32. The Morgan fingerprint density at radius 3 is 2.42 bits per heavy atom. The molecular weight excluding hydrogens is 371 g/mol. The van der Waals surface area contributed by atoms with Crippen molar-refractivity contribution >= 4 is 24.2 Å². The van der Waals surface area contributed by atoms with Gasteiger partial charge in [0.05, 0.1) is 5.56 Å². The van der Waals surface area contributed by atoms with E-state index in [2.05, 4.69) is 10.6 Å². The van der Waals surface area contributed by atoms with Gasteiger partial charge in [-0.3, -0.25) is 9.59 Å². The Morgan fingerprint density at radius 1 is 1.27 bits per heavy atom. The maximum atomic E-state index is 12.9. The molecule has 2 amide bonds. The fourth-order valence-electron chi connectivity index (χ4n) is 3.00. The van der Waals surface area contributed by atoms with Gasteiger partial charge in [0.2, 0.25) is 11.8 Å². The number of alkyl halides is 3. The minimum atomic E-state index is -4.55. The Labute approximate surface area is 156 Å². The molecule has 0 radical (unpaired) electrons. The molecule has 1 aromatic rings. The summed E-state index contributed by atoms with van der Waals surface area (Å²) in [6.45, 7) is 3.93. The van der Waals surface area contributed by atoms with Gasteiger partial charge in [-0.1, -0.05) is 12.1 Å². The second-order valence-corrected chi connectivity index (χ2v) is 6.63. The predicted molar refractivity (Wildman–Crippen MR) is 93.6 cm³/mol. The zero-order valence-corrected chi connectivity index (χ0v) is 15.3. The molecule has 4 N–H and O–H groups in total. The third-order valence-electron chi connectivity index (χ3n) is 4.63. The van der Waals surface area contributed by atoms with Crippen molar-refractivity contribution in [3.8, 4) is 0 Å². The molecule has 0 aromatic heterocycles. The summed E-state index contributed by atoms with van der Waals surface area (Å²) >= 11 is 0. The van der Waals surface area contributed by atoms with Gasteiger partial charge in [0, 0.05) is 12.0 Å². The minimum absolute atomic E-state index is 0. The minimum Gasteiger partial charge on any atom is -0.367 e. The van der Waals surface area contributed by atoms with E-state index in [1.165, 1.54) is 19.1 Å². The van der Waals surface area contributed by atoms with Crippen LogP contribution in [0.25, 0.3) is 0 Å². The van der Waals surface area contributed by atoms with Crippen LogP contribution >= 0.6 is 12.4 Å². The summed E-state index contributed by atoms with van der Waals surface area (Å²) in [5, 5.41) is 5.78. The number of benzene rings is 1. The van der Waals surface area contributed by atoms with E-state index in [4.69, 9.17) is 5.73 Å². The highest BCUT2D eigenvalue weighted by Gasteiger charge is 2.39. The Bertz CT molecular complexity index is 669. The van der Waals surface area contributed by atoms with Crippen LogP contribution in [0.4, 0.5) is 13.2 Å². The Hall–Kier alpha value is -1.80. The molecule has 1 aliphatic rings. The topological polar surface area (TPSA) is 84.2 Å². The first-order valence-corrected chi connectivity index (χ1v) is 8.07. The Balaban J connectivity index is 0.00000338. The molecular formula is C17H23ClF3N3O2. The van der Waals surface area contributed by atoms with Crippen molar-refractivity contribution in [3.05, 3.63) is 35.4 Å². The standard InChI is InChI=1S/C17H22F3N3O2.ClH/c1-10-8-11(6-7-22-10)14(24)23-16(2,15(21)25)12-4-3-5-13(9-12)17(18,19)20;/h3-5,9-11,22H,6-8H2,1-2H3,(H2,21,25)(H,23,24);1H/t10-,11-,16?;/m0./s1. The lowest BCUT2D eigenvalue weighted by Gasteiger charge is -2.33. The number of carbonyl (C=O) groups excluding carboxylic acids is 2. The van der Waals surface area contributed by atoms with Crippen LogP contribution in [0.2, 0.25) is 0 Å². The van der Waals surface area contributed by atoms with Crippen molar-refractivity contribution in [2.75, 3.05) is 6.54 Å². The van der Waals surface area contributed by atoms with Crippen LogP contribution in [0, 0.1) is 5.92 Å². The quantitative estimate of drug-likeness (QED) is 0.734. The van der Waals surface area contributed by atoms with Gasteiger partial charge in [0.25, 0.3) is 0 Å². The van der Waals surface area contributed by atoms with E-state index in [1.54, 1.807) is 0 Å². The zero-order chi connectivity index (χ0) is 18.8. The molecule has 2 rings (SSSR count). The van der Waals surface area contributed by atoms with E-state index in [1.807, 2.05) is 6.92 Å². The van der Waals surface area contributed by atoms with Crippen molar-refractivity contribution in [1.82, 2.24) is 10.6 Å². The Morgan fingerprint density at radius 2 is 1.88 bits per heavy atom. The summed E-state index contributed by atoms with van der Waals surface area (Å²) in [4.78, 5) is 24.5. The van der Waals surface area contributed by atoms with Gasteiger partial charge in [-0.25, -0.2) is 0 Å². The number of piperidine rings is 1. The van der Waals surface area contributed by atoms with Crippen LogP contribution < -0.4 is 16.4 Å². The molecule has 1 saturated heterocycles. The second kappa shape index (κ2) is 8.26. The van der Waals surface area contributed by atoms with Crippen LogP contribution in [0.15, 0.2) is 24.3 Å². The van der Waals surface area contributed by atoms with Crippen LogP contribution in [0.3, 0.4) is 0 Å². The molecule has 1 aliphatic heterocycles. The van der Waals surface area contributed by atoms with Gasteiger partial charge in [0.15, 0.2) is 0 Å². The normalized spacial score (nSPS) is 22.7. The molecule has 9 heteroatoms. The number of amides is 2. The van der Waals surface area contributed by atoms with Crippen molar-refractivity contribution < 1.29 is 22.8 Å². The summed E-state index contributed by atoms with van der Waals surface area (Å²) in [5.74, 6) is -1.62. The number of nitrogens with one attached hydrogen (secondary N) is 2. The summed E-state index contributed by atoms with van der Waals surface area (Å²) in [7, 11) is 0. The second-order valence-electron chi connectivity index (χ2n) is 6.63. The molecule has 146 valence electrons. The molecule has 1 aromatic carbocycles. The van der Waals surface area contributed by atoms with Gasteiger partial charge >= 0.3 is 6.18 Å². The van der Waals surface area contributed by atoms with Gasteiger partial charge in [0.1, 0.15) is 5.54 Å². The SMILES string of the molecule is C[C@H]1C[C@@H](C(=O)NC(C)(C(N)=O)c2cccc(C(F)(F)F)c2)CCN1.Cl. The first kappa shape index (κ1) is 22.2. The maximum absolute atomic E-state index is 12.9. The Kier molecular flexibility index (Phi) is 7.07. The third kappa shape index (κ3) is 4.88. The number of nitrogens with two attached hydrogens (primary N) is 1. The fraction of sp³-hybridized carbons (Fsp3) is 0.529.